The lowest BCUT2D eigenvalue weighted by Gasteiger charge is -2.30. The highest BCUT2D eigenvalue weighted by molar-refractivity contribution is 7.89. The third-order valence-electron chi connectivity index (χ3n) is 5.50. The van der Waals surface area contributed by atoms with E-state index >= 15 is 0 Å². The summed E-state index contributed by atoms with van der Waals surface area (Å²) in [5.74, 6) is -0.297. The number of hydrogen-bond acceptors (Lipinski definition) is 6. The highest BCUT2D eigenvalue weighted by atomic mass is 32.2. The van der Waals surface area contributed by atoms with Crippen LogP contribution in [-0.2, 0) is 26.2 Å². The van der Waals surface area contributed by atoms with Gasteiger partial charge < -0.3 is 9.47 Å². The van der Waals surface area contributed by atoms with Gasteiger partial charge in [0.25, 0.3) is 0 Å². The molecular weight excluding hydrogens is 416 g/mol. The largest absolute Gasteiger partial charge is 0.497 e. The molecular formula is C23H24N2O5S. The molecule has 0 amide bonds. The second-order valence-corrected chi connectivity index (χ2v) is 9.42. The maximum absolute atomic E-state index is 13.0. The lowest BCUT2D eigenvalue weighted by atomic mass is 10.00. The van der Waals surface area contributed by atoms with Gasteiger partial charge >= 0.3 is 5.97 Å². The number of carbonyl (C=O) groups excluding carboxylic acids is 1. The molecule has 1 atom stereocenters. The molecule has 2 aromatic carbocycles. The number of rotatable bonds is 6. The van der Waals surface area contributed by atoms with Crippen molar-refractivity contribution in [1.29, 1.82) is 0 Å². The van der Waals surface area contributed by atoms with Crippen LogP contribution >= 0.6 is 0 Å². The van der Waals surface area contributed by atoms with Gasteiger partial charge in [0, 0.05) is 30.2 Å². The minimum absolute atomic E-state index is 0.106. The van der Waals surface area contributed by atoms with Crippen LogP contribution in [0.5, 0.6) is 5.75 Å². The summed E-state index contributed by atoms with van der Waals surface area (Å²) in [5.41, 5.74) is 1.62. The van der Waals surface area contributed by atoms with Crippen LogP contribution < -0.4 is 4.74 Å². The summed E-state index contributed by atoms with van der Waals surface area (Å²) in [5, 5.41) is 0.977. The monoisotopic (exact) mass is 440 g/mol. The van der Waals surface area contributed by atoms with Gasteiger partial charge in [-0.05, 0) is 43.2 Å². The number of benzene rings is 2. The molecule has 1 aromatic heterocycles. The summed E-state index contributed by atoms with van der Waals surface area (Å²) in [4.78, 5) is 17.3. The Kier molecular flexibility index (Phi) is 6.20. The van der Waals surface area contributed by atoms with Crippen LogP contribution in [0.4, 0.5) is 0 Å². The first-order valence-corrected chi connectivity index (χ1v) is 11.6. The Labute approximate surface area is 181 Å². The van der Waals surface area contributed by atoms with E-state index in [-0.39, 0.29) is 24.0 Å². The molecule has 8 heteroatoms. The van der Waals surface area contributed by atoms with Crippen molar-refractivity contribution in [1.82, 2.24) is 9.29 Å². The van der Waals surface area contributed by atoms with Crippen LogP contribution in [0.3, 0.4) is 0 Å². The Morgan fingerprint density at radius 2 is 1.90 bits per heavy atom. The van der Waals surface area contributed by atoms with Gasteiger partial charge in [0.05, 0.1) is 23.4 Å². The minimum Gasteiger partial charge on any atom is -0.497 e. The van der Waals surface area contributed by atoms with Crippen molar-refractivity contribution in [2.45, 2.75) is 24.3 Å². The highest BCUT2D eigenvalue weighted by Crippen LogP contribution is 2.26. The van der Waals surface area contributed by atoms with Gasteiger partial charge in [0.2, 0.25) is 10.0 Å². The van der Waals surface area contributed by atoms with Crippen LogP contribution in [0, 0.1) is 5.92 Å². The average molecular weight is 441 g/mol. The van der Waals surface area contributed by atoms with Crippen molar-refractivity contribution in [3.8, 4) is 5.75 Å². The van der Waals surface area contributed by atoms with Crippen molar-refractivity contribution in [3.05, 3.63) is 66.4 Å². The Morgan fingerprint density at radius 1 is 1.13 bits per heavy atom. The zero-order chi connectivity index (χ0) is 21.8. The molecule has 1 saturated heterocycles. The van der Waals surface area contributed by atoms with Gasteiger partial charge in [-0.1, -0.05) is 24.3 Å². The van der Waals surface area contributed by atoms with E-state index in [4.69, 9.17) is 9.47 Å². The molecule has 7 nitrogen and oxygen atoms in total. The van der Waals surface area contributed by atoms with Crippen molar-refractivity contribution < 1.29 is 22.7 Å². The zero-order valence-corrected chi connectivity index (χ0v) is 18.0. The first kappa shape index (κ1) is 21.3. The second kappa shape index (κ2) is 9.03. The summed E-state index contributed by atoms with van der Waals surface area (Å²) < 4.78 is 38.0. The van der Waals surface area contributed by atoms with E-state index < -0.39 is 15.9 Å². The van der Waals surface area contributed by atoms with E-state index in [1.807, 2.05) is 30.3 Å². The molecule has 1 aliphatic heterocycles. The number of aromatic nitrogens is 1. The third-order valence-corrected chi connectivity index (χ3v) is 7.38. The molecule has 1 aliphatic rings. The molecule has 0 bridgehead atoms. The Morgan fingerprint density at radius 3 is 2.68 bits per heavy atom. The number of esters is 1. The van der Waals surface area contributed by atoms with Crippen LogP contribution in [0.25, 0.3) is 10.9 Å². The normalized spacial score (nSPS) is 17.4. The number of ether oxygens (including phenoxy) is 2. The first-order chi connectivity index (χ1) is 15.0. The fourth-order valence-electron chi connectivity index (χ4n) is 3.80. The highest BCUT2D eigenvalue weighted by Gasteiger charge is 2.34. The van der Waals surface area contributed by atoms with Crippen molar-refractivity contribution >= 4 is 26.9 Å². The lowest BCUT2D eigenvalue weighted by molar-refractivity contribution is -0.151. The smallest absolute Gasteiger partial charge is 0.310 e. The van der Waals surface area contributed by atoms with Gasteiger partial charge in [-0.2, -0.15) is 4.31 Å². The molecule has 1 fully saturated rings. The number of sulfonamides is 1. The fourth-order valence-corrected chi connectivity index (χ4v) is 5.32. The van der Waals surface area contributed by atoms with Crippen molar-refractivity contribution in [2.24, 2.45) is 5.92 Å². The Balaban J connectivity index is 1.43. The Bertz CT molecular complexity index is 1170. The molecule has 0 spiro atoms. The summed E-state index contributed by atoms with van der Waals surface area (Å²) in [7, 11) is -2.16. The summed E-state index contributed by atoms with van der Waals surface area (Å²) in [6.07, 6.45) is 2.91. The second-order valence-electron chi connectivity index (χ2n) is 7.48. The molecule has 2 heterocycles. The SMILES string of the molecule is COc1ccc(S(=O)(=O)N2CCC[C@H](C(=O)OCc3cccc4cccnc34)C2)cc1. The number of carbonyl (C=O) groups is 1. The van der Waals surface area contributed by atoms with Crippen molar-refractivity contribution in [2.75, 3.05) is 20.2 Å². The number of piperidine rings is 1. The van der Waals surface area contributed by atoms with Crippen LogP contribution in [0.1, 0.15) is 18.4 Å². The van der Waals surface area contributed by atoms with Crippen LogP contribution in [0.2, 0.25) is 0 Å². The molecule has 0 N–H and O–H groups in total. The van der Waals surface area contributed by atoms with Crippen LogP contribution in [-0.4, -0.2) is 43.9 Å². The first-order valence-electron chi connectivity index (χ1n) is 10.1. The molecule has 162 valence electrons. The molecule has 3 aromatic rings. The van der Waals surface area contributed by atoms with Gasteiger partial charge in [0.1, 0.15) is 12.4 Å². The van der Waals surface area contributed by atoms with E-state index in [0.29, 0.717) is 25.1 Å². The number of pyridine rings is 1. The quantitative estimate of drug-likeness (QED) is 0.546. The van der Waals surface area contributed by atoms with E-state index in [1.54, 1.807) is 18.3 Å². The molecule has 0 radical (unpaired) electrons. The Hall–Kier alpha value is -2.97. The van der Waals surface area contributed by atoms with Gasteiger partial charge in [-0.15, -0.1) is 0 Å². The number of hydrogen-bond donors (Lipinski definition) is 0. The minimum atomic E-state index is -3.69. The van der Waals surface area contributed by atoms with Gasteiger partial charge in [-0.3, -0.25) is 9.78 Å². The average Bonchev–Trinajstić information content (AvgIpc) is 2.82. The third kappa shape index (κ3) is 4.55. The van der Waals surface area contributed by atoms with Crippen LogP contribution in [0.15, 0.2) is 65.7 Å². The zero-order valence-electron chi connectivity index (χ0n) is 17.2. The number of methoxy groups -OCH3 is 1. The van der Waals surface area contributed by atoms with Gasteiger partial charge in [0.15, 0.2) is 0 Å². The maximum atomic E-state index is 13.0. The maximum Gasteiger partial charge on any atom is 0.310 e. The standard InChI is InChI=1S/C23H24N2O5S/c1-29-20-9-11-21(12-10-20)31(27,28)25-14-4-8-18(15-25)23(26)30-16-19-6-2-5-17-7-3-13-24-22(17)19/h2-3,5-7,9-13,18H,4,8,14-16H2,1H3/t18-/m0/s1. The predicted molar refractivity (Wildman–Crippen MR) is 116 cm³/mol. The van der Waals surface area contributed by atoms with E-state index in [9.17, 15) is 13.2 Å². The fraction of sp³-hybridized carbons (Fsp3) is 0.304. The summed E-state index contributed by atoms with van der Waals surface area (Å²) in [6.45, 7) is 0.598. The molecule has 31 heavy (non-hydrogen) atoms. The topological polar surface area (TPSA) is 85.8 Å². The molecule has 4 rings (SSSR count). The molecule has 0 aliphatic carbocycles. The number of fused-ring (bicyclic) bond motifs is 1. The van der Waals surface area contributed by atoms with E-state index in [1.165, 1.54) is 23.5 Å². The van der Waals surface area contributed by atoms with E-state index in [0.717, 1.165) is 16.5 Å². The predicted octanol–water partition coefficient (Wildman–Crippen LogP) is 3.39. The number of para-hydroxylation sites is 1. The van der Waals surface area contributed by atoms with Crippen molar-refractivity contribution in [3.63, 3.8) is 0 Å². The summed E-state index contributed by atoms with van der Waals surface area (Å²) in [6, 6.07) is 15.8. The summed E-state index contributed by atoms with van der Waals surface area (Å²) >= 11 is 0. The molecule has 0 unspecified atom stereocenters. The lowest BCUT2D eigenvalue weighted by Crippen LogP contribution is -2.42. The van der Waals surface area contributed by atoms with Gasteiger partial charge in [-0.25, -0.2) is 8.42 Å². The molecule has 0 saturated carbocycles. The van der Waals surface area contributed by atoms with E-state index in [2.05, 4.69) is 4.98 Å². The number of nitrogens with zero attached hydrogens (tertiary/aromatic N) is 2.